The van der Waals surface area contributed by atoms with E-state index in [1.54, 1.807) is 12.3 Å². The van der Waals surface area contributed by atoms with E-state index in [0.717, 1.165) is 17.6 Å². The lowest BCUT2D eigenvalue weighted by Gasteiger charge is -2.07. The predicted molar refractivity (Wildman–Crippen MR) is 89.9 cm³/mol. The Labute approximate surface area is 138 Å². The highest BCUT2D eigenvalue weighted by molar-refractivity contribution is 5.81. The van der Waals surface area contributed by atoms with Gasteiger partial charge in [-0.05, 0) is 19.1 Å². The van der Waals surface area contributed by atoms with Crippen LogP contribution in [0.4, 0.5) is 4.39 Å². The fourth-order valence-electron chi connectivity index (χ4n) is 2.74. The van der Waals surface area contributed by atoms with Gasteiger partial charge >= 0.3 is 0 Å². The van der Waals surface area contributed by atoms with Crippen molar-refractivity contribution < 1.29 is 4.39 Å². The summed E-state index contributed by atoms with van der Waals surface area (Å²) >= 11 is 0. The molecule has 0 N–H and O–H groups in total. The Morgan fingerprint density at radius 3 is 2.88 bits per heavy atom. The van der Waals surface area contributed by atoms with Gasteiger partial charge in [-0.2, -0.15) is 0 Å². The standard InChI is InChI=1S/C18H16FN5/c1-2-23-10-14(21-12-23)11-24-9-8-20-18(24)16-7-6-13-4-3-5-15(19)17(13)22-16/h3-10,12H,2,11H2,1H3. The van der Waals surface area contributed by atoms with E-state index in [0.29, 0.717) is 23.6 Å². The number of rotatable bonds is 4. The molecule has 0 saturated heterocycles. The Morgan fingerprint density at radius 1 is 1.12 bits per heavy atom. The molecular formula is C18H16FN5. The Hall–Kier alpha value is -3.02. The van der Waals surface area contributed by atoms with Crippen molar-refractivity contribution in [3.05, 3.63) is 66.8 Å². The zero-order valence-corrected chi connectivity index (χ0v) is 13.2. The van der Waals surface area contributed by atoms with Gasteiger partial charge < -0.3 is 9.13 Å². The van der Waals surface area contributed by atoms with Crippen LogP contribution in [0.1, 0.15) is 12.6 Å². The minimum Gasteiger partial charge on any atom is -0.337 e. The average Bonchev–Trinajstić information content (AvgIpc) is 3.25. The molecule has 3 heterocycles. The van der Waals surface area contributed by atoms with Gasteiger partial charge in [0.05, 0.1) is 18.6 Å². The molecule has 0 saturated carbocycles. The van der Waals surface area contributed by atoms with E-state index in [4.69, 9.17) is 0 Å². The summed E-state index contributed by atoms with van der Waals surface area (Å²) in [5.74, 6) is 0.375. The predicted octanol–water partition coefficient (Wildman–Crippen LogP) is 3.50. The highest BCUT2D eigenvalue weighted by atomic mass is 19.1. The maximum absolute atomic E-state index is 14.0. The summed E-state index contributed by atoms with van der Waals surface area (Å²) in [6.07, 6.45) is 7.43. The SMILES string of the molecule is CCn1cnc(Cn2ccnc2-c2ccc3cccc(F)c3n2)c1. The molecule has 24 heavy (non-hydrogen) atoms. The van der Waals surface area contributed by atoms with Gasteiger partial charge in [0.25, 0.3) is 0 Å². The monoisotopic (exact) mass is 321 g/mol. The third-order valence-electron chi connectivity index (χ3n) is 4.00. The number of imidazole rings is 2. The van der Waals surface area contributed by atoms with Crippen LogP contribution in [0.3, 0.4) is 0 Å². The molecule has 0 aliphatic rings. The molecule has 1 aromatic carbocycles. The Kier molecular flexibility index (Phi) is 3.57. The molecule has 6 heteroatoms. The number of pyridine rings is 1. The van der Waals surface area contributed by atoms with Gasteiger partial charge in [0.1, 0.15) is 17.0 Å². The summed E-state index contributed by atoms with van der Waals surface area (Å²) in [4.78, 5) is 13.2. The smallest absolute Gasteiger partial charge is 0.159 e. The number of halogens is 1. The van der Waals surface area contributed by atoms with Crippen LogP contribution < -0.4 is 0 Å². The number of benzene rings is 1. The summed E-state index contributed by atoms with van der Waals surface area (Å²) in [5, 5.41) is 0.776. The van der Waals surface area contributed by atoms with Crippen LogP contribution >= 0.6 is 0 Å². The van der Waals surface area contributed by atoms with Crippen molar-refractivity contribution in [2.75, 3.05) is 0 Å². The van der Waals surface area contributed by atoms with Crippen LogP contribution in [-0.2, 0) is 13.1 Å². The molecule has 0 aliphatic carbocycles. The van der Waals surface area contributed by atoms with Crippen LogP contribution in [0, 0.1) is 5.82 Å². The first-order valence-electron chi connectivity index (χ1n) is 7.82. The third-order valence-corrected chi connectivity index (χ3v) is 4.00. The molecule has 0 fully saturated rings. The lowest BCUT2D eigenvalue weighted by atomic mass is 10.2. The molecule has 0 aliphatic heterocycles. The van der Waals surface area contributed by atoms with Crippen LogP contribution in [0.15, 0.2) is 55.2 Å². The normalized spacial score (nSPS) is 11.2. The molecular weight excluding hydrogens is 305 g/mol. The molecule has 0 atom stereocenters. The molecule has 0 unspecified atom stereocenters. The molecule has 0 bridgehead atoms. The van der Waals surface area contributed by atoms with Gasteiger partial charge in [0, 0.05) is 30.5 Å². The van der Waals surface area contributed by atoms with Crippen molar-refractivity contribution in [3.63, 3.8) is 0 Å². The maximum atomic E-state index is 14.0. The summed E-state index contributed by atoms with van der Waals surface area (Å²) < 4.78 is 18.0. The number of nitrogens with zero attached hydrogens (tertiary/aromatic N) is 5. The van der Waals surface area contributed by atoms with Gasteiger partial charge in [-0.15, -0.1) is 0 Å². The molecule has 120 valence electrons. The summed E-state index contributed by atoms with van der Waals surface area (Å²) in [7, 11) is 0. The summed E-state index contributed by atoms with van der Waals surface area (Å²) in [6, 6.07) is 8.68. The molecule has 3 aromatic heterocycles. The van der Waals surface area contributed by atoms with E-state index in [1.165, 1.54) is 6.07 Å². The van der Waals surface area contributed by atoms with Gasteiger partial charge in [0.15, 0.2) is 5.82 Å². The zero-order valence-electron chi connectivity index (χ0n) is 13.2. The van der Waals surface area contributed by atoms with Crippen molar-refractivity contribution >= 4 is 10.9 Å². The lowest BCUT2D eigenvalue weighted by Crippen LogP contribution is -2.03. The van der Waals surface area contributed by atoms with Crippen molar-refractivity contribution in [2.45, 2.75) is 20.0 Å². The highest BCUT2D eigenvalue weighted by Gasteiger charge is 2.11. The number of hydrogen-bond acceptors (Lipinski definition) is 3. The summed E-state index contributed by atoms with van der Waals surface area (Å²) in [6.45, 7) is 3.55. The number of fused-ring (bicyclic) bond motifs is 1. The van der Waals surface area contributed by atoms with Gasteiger partial charge in [-0.25, -0.2) is 19.3 Å². The zero-order chi connectivity index (χ0) is 16.5. The van der Waals surface area contributed by atoms with Crippen molar-refractivity contribution in [1.82, 2.24) is 24.1 Å². The molecule has 5 nitrogen and oxygen atoms in total. The summed E-state index contributed by atoms with van der Waals surface area (Å²) in [5.41, 5.74) is 1.95. The number of para-hydroxylation sites is 1. The van der Waals surface area contributed by atoms with Crippen molar-refractivity contribution in [2.24, 2.45) is 0 Å². The van der Waals surface area contributed by atoms with Crippen LogP contribution in [0.5, 0.6) is 0 Å². The fraction of sp³-hybridized carbons (Fsp3) is 0.167. The first-order valence-corrected chi connectivity index (χ1v) is 7.82. The lowest BCUT2D eigenvalue weighted by molar-refractivity contribution is 0.637. The quantitative estimate of drug-likeness (QED) is 0.578. The maximum Gasteiger partial charge on any atom is 0.159 e. The Bertz CT molecular complexity index is 1000. The minimum atomic E-state index is -0.325. The molecule has 0 amide bonds. The number of aromatic nitrogens is 5. The second-order valence-corrected chi connectivity index (χ2v) is 5.58. The van der Waals surface area contributed by atoms with Gasteiger partial charge in [-0.1, -0.05) is 18.2 Å². The number of aryl methyl sites for hydroxylation is 1. The van der Waals surface area contributed by atoms with E-state index in [-0.39, 0.29) is 5.82 Å². The topological polar surface area (TPSA) is 48.5 Å². The van der Waals surface area contributed by atoms with E-state index in [2.05, 4.69) is 21.9 Å². The molecule has 0 spiro atoms. The highest BCUT2D eigenvalue weighted by Crippen LogP contribution is 2.22. The Morgan fingerprint density at radius 2 is 2.04 bits per heavy atom. The Balaban J connectivity index is 1.72. The van der Waals surface area contributed by atoms with E-state index in [9.17, 15) is 4.39 Å². The third kappa shape index (κ3) is 2.56. The van der Waals surface area contributed by atoms with Crippen molar-refractivity contribution in [3.8, 4) is 11.5 Å². The average molecular weight is 321 g/mol. The first kappa shape index (κ1) is 14.6. The molecule has 0 radical (unpaired) electrons. The van der Waals surface area contributed by atoms with E-state index < -0.39 is 0 Å². The van der Waals surface area contributed by atoms with E-state index >= 15 is 0 Å². The van der Waals surface area contributed by atoms with Crippen LogP contribution in [0.25, 0.3) is 22.4 Å². The fourth-order valence-corrected chi connectivity index (χ4v) is 2.74. The van der Waals surface area contributed by atoms with Crippen LogP contribution in [0.2, 0.25) is 0 Å². The minimum absolute atomic E-state index is 0.325. The molecule has 4 rings (SSSR count). The van der Waals surface area contributed by atoms with Crippen molar-refractivity contribution in [1.29, 1.82) is 0 Å². The van der Waals surface area contributed by atoms with Crippen LogP contribution in [-0.4, -0.2) is 24.1 Å². The molecule has 4 aromatic rings. The van der Waals surface area contributed by atoms with E-state index in [1.807, 2.05) is 46.1 Å². The first-order chi connectivity index (χ1) is 11.7. The number of hydrogen-bond donors (Lipinski definition) is 0. The second-order valence-electron chi connectivity index (χ2n) is 5.58. The van der Waals surface area contributed by atoms with Gasteiger partial charge in [-0.3, -0.25) is 0 Å². The second kappa shape index (κ2) is 5.88. The van der Waals surface area contributed by atoms with Gasteiger partial charge in [0.2, 0.25) is 0 Å². The largest absolute Gasteiger partial charge is 0.337 e.